The maximum Gasteiger partial charge on any atom is 0.292 e. The molecule has 0 saturated heterocycles. The second-order valence-electron chi connectivity index (χ2n) is 2.86. The molecule has 16 heavy (non-hydrogen) atoms. The summed E-state index contributed by atoms with van der Waals surface area (Å²) in [6.07, 6.45) is 0. The number of benzene rings is 1. The molecule has 0 aromatic heterocycles. The van der Waals surface area contributed by atoms with Crippen molar-refractivity contribution < 1.29 is 9.66 Å². The second kappa shape index (κ2) is 6.86. The van der Waals surface area contributed by atoms with Gasteiger partial charge in [0.1, 0.15) is 11.4 Å². The van der Waals surface area contributed by atoms with Gasteiger partial charge in [-0.25, -0.2) is 0 Å². The molecular formula is C9H14ClN3O3. The van der Waals surface area contributed by atoms with Crippen LogP contribution in [0.4, 0.5) is 11.4 Å². The minimum Gasteiger partial charge on any atom is -0.497 e. The van der Waals surface area contributed by atoms with Gasteiger partial charge in [-0.2, -0.15) is 0 Å². The molecule has 90 valence electrons. The van der Waals surface area contributed by atoms with Crippen LogP contribution in [-0.2, 0) is 0 Å². The third-order valence-corrected chi connectivity index (χ3v) is 1.86. The SMILES string of the molecule is COc1ccc([N+](=O)[O-])c(NCCN)c1.Cl. The number of rotatable bonds is 5. The number of nitrogens with two attached hydrogens (primary N) is 1. The van der Waals surface area contributed by atoms with E-state index < -0.39 is 4.92 Å². The molecule has 0 spiro atoms. The number of nitrogens with zero attached hydrogens (tertiary/aromatic N) is 1. The van der Waals surface area contributed by atoms with Crippen molar-refractivity contribution in [1.82, 2.24) is 0 Å². The molecule has 0 unspecified atom stereocenters. The highest BCUT2D eigenvalue weighted by Crippen LogP contribution is 2.28. The van der Waals surface area contributed by atoms with Gasteiger partial charge in [-0.1, -0.05) is 0 Å². The number of anilines is 1. The molecule has 1 rings (SSSR count). The summed E-state index contributed by atoms with van der Waals surface area (Å²) in [5.74, 6) is 0.570. The minimum absolute atomic E-state index is 0. The highest BCUT2D eigenvalue weighted by atomic mass is 35.5. The van der Waals surface area contributed by atoms with Crippen molar-refractivity contribution in [3.8, 4) is 5.75 Å². The first-order valence-corrected chi connectivity index (χ1v) is 4.45. The third-order valence-electron chi connectivity index (χ3n) is 1.86. The summed E-state index contributed by atoms with van der Waals surface area (Å²) < 4.78 is 4.98. The Labute approximate surface area is 99.3 Å². The zero-order chi connectivity index (χ0) is 11.3. The van der Waals surface area contributed by atoms with Gasteiger partial charge >= 0.3 is 0 Å². The van der Waals surface area contributed by atoms with Crippen LogP contribution in [0.3, 0.4) is 0 Å². The average Bonchev–Trinajstić information content (AvgIpc) is 2.25. The van der Waals surface area contributed by atoms with Gasteiger partial charge in [-0.3, -0.25) is 10.1 Å². The summed E-state index contributed by atoms with van der Waals surface area (Å²) in [5.41, 5.74) is 5.75. The zero-order valence-electron chi connectivity index (χ0n) is 8.80. The number of hydrogen-bond donors (Lipinski definition) is 2. The molecular weight excluding hydrogens is 234 g/mol. The van der Waals surface area contributed by atoms with Crippen LogP contribution in [0, 0.1) is 10.1 Å². The number of ether oxygens (including phenoxy) is 1. The molecule has 0 heterocycles. The minimum atomic E-state index is -0.446. The van der Waals surface area contributed by atoms with Crippen molar-refractivity contribution >= 4 is 23.8 Å². The second-order valence-corrected chi connectivity index (χ2v) is 2.86. The van der Waals surface area contributed by atoms with E-state index in [2.05, 4.69) is 5.32 Å². The molecule has 3 N–H and O–H groups in total. The van der Waals surface area contributed by atoms with E-state index in [9.17, 15) is 10.1 Å². The lowest BCUT2D eigenvalue weighted by atomic mass is 10.2. The lowest BCUT2D eigenvalue weighted by Gasteiger charge is -2.07. The van der Waals surface area contributed by atoms with Crippen molar-refractivity contribution in [2.45, 2.75) is 0 Å². The summed E-state index contributed by atoms with van der Waals surface area (Å²) in [5, 5.41) is 13.6. The smallest absolute Gasteiger partial charge is 0.292 e. The van der Waals surface area contributed by atoms with Gasteiger partial charge in [-0.15, -0.1) is 12.4 Å². The molecule has 0 amide bonds. The van der Waals surface area contributed by atoms with Crippen molar-refractivity contribution in [3.63, 3.8) is 0 Å². The van der Waals surface area contributed by atoms with Crippen LogP contribution in [-0.4, -0.2) is 25.1 Å². The standard InChI is InChI=1S/C9H13N3O3.ClH/c1-15-7-2-3-9(12(13)14)8(6-7)11-5-4-10;/h2-3,6,11H,4-5,10H2,1H3;1H. The monoisotopic (exact) mass is 247 g/mol. The molecule has 0 aliphatic heterocycles. The predicted molar refractivity (Wildman–Crippen MR) is 64.4 cm³/mol. The Morgan fingerprint density at radius 2 is 2.25 bits per heavy atom. The van der Waals surface area contributed by atoms with Gasteiger partial charge in [0.15, 0.2) is 0 Å². The molecule has 1 aromatic carbocycles. The normalized spacial score (nSPS) is 9.12. The number of halogens is 1. The highest BCUT2D eigenvalue weighted by Gasteiger charge is 2.13. The Kier molecular flexibility index (Phi) is 6.21. The van der Waals surface area contributed by atoms with Crippen molar-refractivity contribution in [1.29, 1.82) is 0 Å². The van der Waals surface area contributed by atoms with E-state index in [0.717, 1.165) is 0 Å². The number of nitro groups is 1. The Balaban J connectivity index is 0.00000225. The lowest BCUT2D eigenvalue weighted by molar-refractivity contribution is -0.384. The van der Waals surface area contributed by atoms with E-state index in [4.69, 9.17) is 10.5 Å². The molecule has 0 atom stereocenters. The van der Waals surface area contributed by atoms with Crippen molar-refractivity contribution in [2.24, 2.45) is 5.73 Å². The van der Waals surface area contributed by atoms with Gasteiger partial charge in [0.2, 0.25) is 0 Å². The molecule has 7 heteroatoms. The molecule has 0 bridgehead atoms. The fraction of sp³-hybridized carbons (Fsp3) is 0.333. The van der Waals surface area contributed by atoms with Crippen LogP contribution in [0.25, 0.3) is 0 Å². The molecule has 0 saturated carbocycles. The molecule has 0 aliphatic rings. The third kappa shape index (κ3) is 3.56. The van der Waals surface area contributed by atoms with E-state index in [0.29, 0.717) is 24.5 Å². The number of hydrogen-bond acceptors (Lipinski definition) is 5. The predicted octanol–water partition coefficient (Wildman–Crippen LogP) is 1.40. The van der Waals surface area contributed by atoms with Gasteiger partial charge in [0, 0.05) is 25.2 Å². The lowest BCUT2D eigenvalue weighted by Crippen LogP contribution is -2.14. The Morgan fingerprint density at radius 3 is 2.75 bits per heavy atom. The van der Waals surface area contributed by atoms with E-state index in [1.165, 1.54) is 13.2 Å². The van der Waals surface area contributed by atoms with Crippen LogP contribution >= 0.6 is 12.4 Å². The van der Waals surface area contributed by atoms with E-state index in [1.54, 1.807) is 12.1 Å². The molecule has 1 aromatic rings. The topological polar surface area (TPSA) is 90.4 Å². The van der Waals surface area contributed by atoms with E-state index in [-0.39, 0.29) is 18.1 Å². The van der Waals surface area contributed by atoms with Gasteiger partial charge in [0.05, 0.1) is 12.0 Å². The summed E-state index contributed by atoms with van der Waals surface area (Å²) >= 11 is 0. The number of methoxy groups -OCH3 is 1. The van der Waals surface area contributed by atoms with E-state index >= 15 is 0 Å². The van der Waals surface area contributed by atoms with Gasteiger partial charge in [-0.05, 0) is 6.07 Å². The van der Waals surface area contributed by atoms with E-state index in [1.807, 2.05) is 0 Å². The summed E-state index contributed by atoms with van der Waals surface area (Å²) in [4.78, 5) is 10.2. The quantitative estimate of drug-likeness (QED) is 0.606. The Hall–Kier alpha value is -1.53. The summed E-state index contributed by atoms with van der Waals surface area (Å²) in [7, 11) is 1.51. The first kappa shape index (κ1) is 14.5. The molecule has 6 nitrogen and oxygen atoms in total. The largest absolute Gasteiger partial charge is 0.497 e. The van der Waals surface area contributed by atoms with Crippen molar-refractivity contribution in [2.75, 3.05) is 25.5 Å². The highest BCUT2D eigenvalue weighted by molar-refractivity contribution is 5.85. The van der Waals surface area contributed by atoms with Gasteiger partial charge < -0.3 is 15.8 Å². The van der Waals surface area contributed by atoms with Crippen LogP contribution in [0.2, 0.25) is 0 Å². The van der Waals surface area contributed by atoms with Crippen LogP contribution in [0.5, 0.6) is 5.75 Å². The maximum absolute atomic E-state index is 10.7. The van der Waals surface area contributed by atoms with Crippen LogP contribution in [0.1, 0.15) is 0 Å². The molecule has 0 radical (unpaired) electrons. The Bertz CT molecular complexity index is 360. The summed E-state index contributed by atoms with van der Waals surface area (Å²) in [6, 6.07) is 4.53. The van der Waals surface area contributed by atoms with Crippen molar-refractivity contribution in [3.05, 3.63) is 28.3 Å². The number of nitro benzene ring substituents is 1. The molecule has 0 aliphatic carbocycles. The maximum atomic E-state index is 10.7. The molecule has 0 fully saturated rings. The summed E-state index contributed by atoms with van der Waals surface area (Å²) in [6.45, 7) is 0.891. The fourth-order valence-electron chi connectivity index (χ4n) is 1.15. The fourth-order valence-corrected chi connectivity index (χ4v) is 1.15. The van der Waals surface area contributed by atoms with Gasteiger partial charge in [0.25, 0.3) is 5.69 Å². The van der Waals surface area contributed by atoms with Crippen LogP contribution < -0.4 is 15.8 Å². The first-order chi connectivity index (χ1) is 7.19. The first-order valence-electron chi connectivity index (χ1n) is 4.45. The van der Waals surface area contributed by atoms with Crippen LogP contribution in [0.15, 0.2) is 18.2 Å². The zero-order valence-corrected chi connectivity index (χ0v) is 9.62. The number of nitrogens with one attached hydrogen (secondary N) is 1. The average molecular weight is 248 g/mol. The Morgan fingerprint density at radius 1 is 1.56 bits per heavy atom.